The van der Waals surface area contributed by atoms with Crippen LogP contribution in [0.4, 0.5) is 8.78 Å². The van der Waals surface area contributed by atoms with E-state index in [9.17, 15) is 13.9 Å². The minimum atomic E-state index is -0.825. The molecular weight excluding hydrogens is 210 g/mol. The second kappa shape index (κ2) is 5.39. The predicted molar refractivity (Wildman–Crippen MR) is 60.2 cm³/mol. The molecule has 0 heterocycles. The van der Waals surface area contributed by atoms with E-state index in [1.165, 1.54) is 6.07 Å². The number of hydrogen-bond acceptors (Lipinski definition) is 1. The Morgan fingerprint density at radius 3 is 2.56 bits per heavy atom. The molecule has 90 valence electrons. The lowest BCUT2D eigenvalue weighted by molar-refractivity contribution is 0.130. The van der Waals surface area contributed by atoms with E-state index in [0.717, 1.165) is 18.9 Å². The van der Waals surface area contributed by atoms with Gasteiger partial charge in [0.05, 0.1) is 0 Å². The van der Waals surface area contributed by atoms with Gasteiger partial charge in [0, 0.05) is 6.61 Å². The minimum absolute atomic E-state index is 0.0171. The zero-order valence-corrected chi connectivity index (χ0v) is 9.76. The van der Waals surface area contributed by atoms with Gasteiger partial charge in [0.25, 0.3) is 0 Å². The topological polar surface area (TPSA) is 20.2 Å². The lowest BCUT2D eigenvalue weighted by Gasteiger charge is -2.27. The lowest BCUT2D eigenvalue weighted by atomic mass is 9.80. The standard InChI is InChI=1S/C13H18F2O/c1-3-7-13(2,9-16)8-10-5-4-6-11(14)12(10)15/h4-6,16H,3,7-9H2,1-2H3. The van der Waals surface area contributed by atoms with E-state index in [2.05, 4.69) is 0 Å². The molecule has 1 aromatic rings. The fourth-order valence-corrected chi connectivity index (χ4v) is 1.97. The molecule has 1 N–H and O–H groups in total. The SMILES string of the molecule is CCCC(C)(CO)Cc1cccc(F)c1F. The van der Waals surface area contributed by atoms with Crippen molar-refractivity contribution in [3.05, 3.63) is 35.4 Å². The van der Waals surface area contributed by atoms with Crippen molar-refractivity contribution in [2.24, 2.45) is 5.41 Å². The van der Waals surface area contributed by atoms with Crippen LogP contribution in [0.1, 0.15) is 32.3 Å². The summed E-state index contributed by atoms with van der Waals surface area (Å²) in [6.45, 7) is 3.88. The molecule has 16 heavy (non-hydrogen) atoms. The van der Waals surface area contributed by atoms with Crippen LogP contribution in [0.25, 0.3) is 0 Å². The van der Waals surface area contributed by atoms with Crippen molar-refractivity contribution in [3.63, 3.8) is 0 Å². The Kier molecular flexibility index (Phi) is 4.42. The van der Waals surface area contributed by atoms with Gasteiger partial charge in [-0.2, -0.15) is 0 Å². The highest BCUT2D eigenvalue weighted by molar-refractivity contribution is 5.20. The average Bonchev–Trinajstić information content (AvgIpc) is 2.25. The van der Waals surface area contributed by atoms with Crippen molar-refractivity contribution in [3.8, 4) is 0 Å². The zero-order chi connectivity index (χ0) is 12.2. The summed E-state index contributed by atoms with van der Waals surface area (Å²) in [6, 6.07) is 4.18. The third-order valence-corrected chi connectivity index (χ3v) is 2.88. The van der Waals surface area contributed by atoms with Gasteiger partial charge in [-0.25, -0.2) is 8.78 Å². The third kappa shape index (κ3) is 3.01. The van der Waals surface area contributed by atoms with E-state index in [1.807, 2.05) is 13.8 Å². The largest absolute Gasteiger partial charge is 0.396 e. The van der Waals surface area contributed by atoms with Crippen molar-refractivity contribution in [1.29, 1.82) is 0 Å². The smallest absolute Gasteiger partial charge is 0.162 e. The fourth-order valence-electron chi connectivity index (χ4n) is 1.97. The van der Waals surface area contributed by atoms with Gasteiger partial charge in [0.15, 0.2) is 11.6 Å². The number of aliphatic hydroxyl groups excluding tert-OH is 1. The van der Waals surface area contributed by atoms with Crippen LogP contribution < -0.4 is 0 Å². The molecule has 0 amide bonds. The van der Waals surface area contributed by atoms with E-state index in [1.54, 1.807) is 6.07 Å². The Balaban J connectivity index is 2.90. The first kappa shape index (κ1) is 13.1. The van der Waals surface area contributed by atoms with Crippen LogP contribution in [-0.2, 0) is 6.42 Å². The first-order valence-corrected chi connectivity index (χ1v) is 5.56. The van der Waals surface area contributed by atoms with Gasteiger partial charge in [-0.1, -0.05) is 32.4 Å². The average molecular weight is 228 g/mol. The Labute approximate surface area is 95.1 Å². The maximum atomic E-state index is 13.5. The van der Waals surface area contributed by atoms with Crippen LogP contribution in [0.3, 0.4) is 0 Å². The molecule has 0 spiro atoms. The molecule has 0 bridgehead atoms. The maximum Gasteiger partial charge on any atom is 0.162 e. The van der Waals surface area contributed by atoms with Crippen LogP contribution >= 0.6 is 0 Å². The number of halogens is 2. The van der Waals surface area contributed by atoms with Gasteiger partial charge >= 0.3 is 0 Å². The molecule has 0 saturated carbocycles. The van der Waals surface area contributed by atoms with E-state index in [4.69, 9.17) is 0 Å². The summed E-state index contributed by atoms with van der Waals surface area (Å²) < 4.78 is 26.5. The Bertz CT molecular complexity index is 352. The van der Waals surface area contributed by atoms with Gasteiger partial charge in [-0.15, -0.1) is 0 Å². The summed E-state index contributed by atoms with van der Waals surface area (Å²) in [5, 5.41) is 9.32. The van der Waals surface area contributed by atoms with Crippen LogP contribution in [0.5, 0.6) is 0 Å². The summed E-state index contributed by atoms with van der Waals surface area (Å²) >= 11 is 0. The van der Waals surface area contributed by atoms with Crippen LogP contribution in [0.2, 0.25) is 0 Å². The van der Waals surface area contributed by atoms with Crippen LogP contribution in [-0.4, -0.2) is 11.7 Å². The molecule has 1 unspecified atom stereocenters. The summed E-state index contributed by atoms with van der Waals surface area (Å²) in [4.78, 5) is 0. The lowest BCUT2D eigenvalue weighted by Crippen LogP contribution is -2.24. The molecule has 1 aromatic carbocycles. The number of hydrogen-bond donors (Lipinski definition) is 1. The van der Waals surface area contributed by atoms with E-state index in [0.29, 0.717) is 12.0 Å². The molecule has 0 aliphatic heterocycles. The fraction of sp³-hybridized carbons (Fsp3) is 0.538. The van der Waals surface area contributed by atoms with Gasteiger partial charge < -0.3 is 5.11 Å². The van der Waals surface area contributed by atoms with Crippen molar-refractivity contribution in [2.45, 2.75) is 33.1 Å². The van der Waals surface area contributed by atoms with Gasteiger partial charge in [-0.3, -0.25) is 0 Å². The second-order valence-electron chi connectivity index (χ2n) is 4.61. The highest BCUT2D eigenvalue weighted by atomic mass is 19.2. The second-order valence-corrected chi connectivity index (χ2v) is 4.61. The van der Waals surface area contributed by atoms with Gasteiger partial charge in [0.1, 0.15) is 0 Å². The Morgan fingerprint density at radius 2 is 2.00 bits per heavy atom. The molecule has 0 saturated heterocycles. The molecule has 3 heteroatoms. The van der Waals surface area contributed by atoms with E-state index >= 15 is 0 Å². The molecule has 0 fully saturated rings. The summed E-state index contributed by atoms with van der Waals surface area (Å²) in [5.41, 5.74) is -0.0337. The Morgan fingerprint density at radius 1 is 1.31 bits per heavy atom. The summed E-state index contributed by atoms with van der Waals surface area (Å²) in [5.74, 6) is -1.62. The van der Waals surface area contributed by atoms with Crippen molar-refractivity contribution in [2.75, 3.05) is 6.61 Å². The molecule has 1 nitrogen and oxygen atoms in total. The first-order valence-electron chi connectivity index (χ1n) is 5.56. The number of rotatable bonds is 5. The summed E-state index contributed by atoms with van der Waals surface area (Å²) in [7, 11) is 0. The van der Waals surface area contributed by atoms with Gasteiger partial charge in [0.2, 0.25) is 0 Å². The number of benzene rings is 1. The van der Waals surface area contributed by atoms with Crippen molar-refractivity contribution >= 4 is 0 Å². The zero-order valence-electron chi connectivity index (χ0n) is 9.76. The molecule has 0 aliphatic rings. The first-order chi connectivity index (χ1) is 7.52. The highest BCUT2D eigenvalue weighted by Gasteiger charge is 2.24. The molecule has 0 aromatic heterocycles. The van der Waals surface area contributed by atoms with E-state index < -0.39 is 11.6 Å². The molecular formula is C13H18F2O. The predicted octanol–water partition coefficient (Wildman–Crippen LogP) is 3.31. The molecule has 0 aliphatic carbocycles. The van der Waals surface area contributed by atoms with Gasteiger partial charge in [-0.05, 0) is 29.9 Å². The summed E-state index contributed by atoms with van der Waals surface area (Å²) in [6.07, 6.45) is 2.06. The highest BCUT2D eigenvalue weighted by Crippen LogP contribution is 2.29. The monoisotopic (exact) mass is 228 g/mol. The molecule has 1 atom stereocenters. The third-order valence-electron chi connectivity index (χ3n) is 2.88. The quantitative estimate of drug-likeness (QED) is 0.819. The van der Waals surface area contributed by atoms with Crippen molar-refractivity contribution in [1.82, 2.24) is 0 Å². The normalized spacial score (nSPS) is 14.8. The number of aliphatic hydroxyl groups is 1. The van der Waals surface area contributed by atoms with Crippen molar-refractivity contribution < 1.29 is 13.9 Å². The minimum Gasteiger partial charge on any atom is -0.396 e. The maximum absolute atomic E-state index is 13.5. The van der Waals surface area contributed by atoms with E-state index in [-0.39, 0.29) is 12.0 Å². The molecule has 0 radical (unpaired) electrons. The Hall–Kier alpha value is -0.960. The molecule has 1 rings (SSSR count). The van der Waals surface area contributed by atoms with Crippen LogP contribution in [0, 0.1) is 17.0 Å². The van der Waals surface area contributed by atoms with Crippen LogP contribution in [0.15, 0.2) is 18.2 Å².